The van der Waals surface area contributed by atoms with E-state index in [2.05, 4.69) is 29.6 Å². The Hall–Kier alpha value is -3.35. The number of amides is 2. The molecule has 0 bridgehead atoms. The molecule has 1 aliphatic carbocycles. The van der Waals surface area contributed by atoms with E-state index in [0.29, 0.717) is 13.0 Å². The molecule has 2 amide bonds. The van der Waals surface area contributed by atoms with Crippen molar-refractivity contribution in [3.63, 3.8) is 0 Å². The Kier molecular flexibility index (Phi) is 8.68. The summed E-state index contributed by atoms with van der Waals surface area (Å²) in [5.41, 5.74) is 4.66. The van der Waals surface area contributed by atoms with Gasteiger partial charge in [-0.25, -0.2) is 4.79 Å². The molecule has 34 heavy (non-hydrogen) atoms. The van der Waals surface area contributed by atoms with Gasteiger partial charge < -0.3 is 20.1 Å². The minimum absolute atomic E-state index is 0.00413. The van der Waals surface area contributed by atoms with Crippen LogP contribution in [0, 0.1) is 5.92 Å². The Morgan fingerprint density at radius 1 is 1.03 bits per heavy atom. The normalized spacial score (nSPS) is 13.2. The van der Waals surface area contributed by atoms with E-state index < -0.39 is 12.1 Å². The van der Waals surface area contributed by atoms with E-state index in [1.165, 1.54) is 11.1 Å². The molecule has 0 radical (unpaired) electrons. The van der Waals surface area contributed by atoms with Gasteiger partial charge in [-0.3, -0.25) is 9.59 Å². The third kappa shape index (κ3) is 6.16. The van der Waals surface area contributed by atoms with Gasteiger partial charge in [0.05, 0.1) is 6.42 Å². The zero-order valence-corrected chi connectivity index (χ0v) is 20.1. The number of aliphatic carboxylic acids is 1. The first kappa shape index (κ1) is 25.3. The highest BCUT2D eigenvalue weighted by Gasteiger charge is 2.29. The van der Waals surface area contributed by atoms with Gasteiger partial charge in [-0.1, -0.05) is 61.9 Å². The maximum Gasteiger partial charge on any atom is 0.407 e. The number of rotatable bonds is 11. The number of carboxylic acid groups (broad SMARTS) is 1. The van der Waals surface area contributed by atoms with Gasteiger partial charge in [0.25, 0.3) is 0 Å². The van der Waals surface area contributed by atoms with Crippen molar-refractivity contribution in [1.29, 1.82) is 0 Å². The van der Waals surface area contributed by atoms with E-state index >= 15 is 0 Å². The molecule has 0 aliphatic heterocycles. The van der Waals surface area contributed by atoms with E-state index in [9.17, 15) is 14.4 Å². The largest absolute Gasteiger partial charge is 0.481 e. The molecule has 0 spiro atoms. The Morgan fingerprint density at radius 3 is 2.15 bits per heavy atom. The van der Waals surface area contributed by atoms with E-state index in [1.54, 1.807) is 4.90 Å². The Morgan fingerprint density at radius 2 is 1.62 bits per heavy atom. The molecule has 1 unspecified atom stereocenters. The lowest BCUT2D eigenvalue weighted by molar-refractivity contribution is -0.139. The quantitative estimate of drug-likeness (QED) is 0.502. The molecule has 1 aliphatic rings. The first-order valence-corrected chi connectivity index (χ1v) is 11.9. The van der Waals surface area contributed by atoms with Crippen LogP contribution < -0.4 is 5.32 Å². The lowest BCUT2D eigenvalue weighted by atomic mass is 9.98. The van der Waals surface area contributed by atoms with Gasteiger partial charge in [0.15, 0.2) is 0 Å². The summed E-state index contributed by atoms with van der Waals surface area (Å²) in [4.78, 5) is 37.7. The molecule has 182 valence electrons. The number of ether oxygens (including phenoxy) is 1. The standard InChI is InChI=1S/C27H34N2O5/c1-4-19(15-25(30)29(18(2)3)14-13-26(31)32)16-28-27(33)34-17-24-22-11-7-5-9-20(22)21-10-6-8-12-23(21)24/h5-12,18-19,24H,4,13-17H2,1-3H3,(H,28,33)(H,31,32). The number of nitrogens with zero attached hydrogens (tertiary/aromatic N) is 1. The summed E-state index contributed by atoms with van der Waals surface area (Å²) < 4.78 is 5.58. The number of fused-ring (bicyclic) bond motifs is 3. The highest BCUT2D eigenvalue weighted by molar-refractivity contribution is 5.79. The van der Waals surface area contributed by atoms with Crippen LogP contribution in [0.2, 0.25) is 0 Å². The van der Waals surface area contributed by atoms with Crippen LogP contribution in [0.3, 0.4) is 0 Å². The molecule has 0 aromatic heterocycles. The number of benzene rings is 2. The maximum absolute atomic E-state index is 12.7. The van der Waals surface area contributed by atoms with Crippen molar-refractivity contribution in [3.8, 4) is 11.1 Å². The maximum atomic E-state index is 12.7. The lowest BCUT2D eigenvalue weighted by Crippen LogP contribution is -2.40. The Balaban J connectivity index is 1.52. The number of hydrogen-bond acceptors (Lipinski definition) is 4. The molecule has 0 saturated carbocycles. The van der Waals surface area contributed by atoms with Crippen LogP contribution in [-0.4, -0.2) is 53.7 Å². The SMILES string of the molecule is CCC(CNC(=O)OCC1c2ccccc2-c2ccccc21)CC(=O)N(CCC(=O)O)C(C)C. The molecular weight excluding hydrogens is 432 g/mol. The lowest BCUT2D eigenvalue weighted by Gasteiger charge is -2.28. The summed E-state index contributed by atoms with van der Waals surface area (Å²) in [5, 5.41) is 11.7. The van der Waals surface area contributed by atoms with Gasteiger partial charge in [0.1, 0.15) is 6.61 Å². The van der Waals surface area contributed by atoms with Gasteiger partial charge in [-0.05, 0) is 42.0 Å². The summed E-state index contributed by atoms with van der Waals surface area (Å²) in [5.74, 6) is -1.09. The average Bonchev–Trinajstić information content (AvgIpc) is 3.13. The topological polar surface area (TPSA) is 95.9 Å². The first-order chi connectivity index (χ1) is 16.3. The molecule has 7 heteroatoms. The fourth-order valence-electron chi connectivity index (χ4n) is 4.49. The second-order valence-electron chi connectivity index (χ2n) is 9.01. The molecule has 0 heterocycles. The van der Waals surface area contributed by atoms with E-state index in [-0.39, 0.29) is 49.8 Å². The van der Waals surface area contributed by atoms with E-state index in [0.717, 1.165) is 11.1 Å². The van der Waals surface area contributed by atoms with E-state index in [4.69, 9.17) is 9.84 Å². The average molecular weight is 467 g/mol. The molecule has 2 aromatic carbocycles. The van der Waals surface area contributed by atoms with Crippen LogP contribution in [-0.2, 0) is 14.3 Å². The molecule has 2 N–H and O–H groups in total. The number of nitrogens with one attached hydrogen (secondary N) is 1. The second-order valence-corrected chi connectivity index (χ2v) is 9.01. The summed E-state index contributed by atoms with van der Waals surface area (Å²) in [7, 11) is 0. The van der Waals surface area contributed by atoms with Crippen LogP contribution in [0.15, 0.2) is 48.5 Å². The number of alkyl carbamates (subject to hydrolysis) is 1. The van der Waals surface area contributed by atoms with Crippen molar-refractivity contribution >= 4 is 18.0 Å². The Labute approximate surface area is 201 Å². The van der Waals surface area contributed by atoms with Crippen molar-refractivity contribution in [3.05, 3.63) is 59.7 Å². The molecule has 2 aromatic rings. The second kappa shape index (κ2) is 11.7. The fraction of sp³-hybridized carbons (Fsp3) is 0.444. The minimum atomic E-state index is -0.928. The highest BCUT2D eigenvalue weighted by atomic mass is 16.5. The van der Waals surface area contributed by atoms with Gasteiger partial charge >= 0.3 is 12.1 Å². The molecule has 7 nitrogen and oxygen atoms in total. The summed E-state index contributed by atoms with van der Waals surface area (Å²) in [6, 6.07) is 16.3. The minimum Gasteiger partial charge on any atom is -0.481 e. The predicted octanol–water partition coefficient (Wildman–Crippen LogP) is 4.65. The van der Waals surface area contributed by atoms with Crippen LogP contribution in [0.5, 0.6) is 0 Å². The first-order valence-electron chi connectivity index (χ1n) is 11.9. The number of carbonyl (C=O) groups is 3. The summed E-state index contributed by atoms with van der Waals surface area (Å²) in [6.07, 6.45) is 0.371. The van der Waals surface area contributed by atoms with Crippen molar-refractivity contribution in [2.45, 2.75) is 52.0 Å². The molecular formula is C27H34N2O5. The molecule has 0 saturated heterocycles. The van der Waals surface area contributed by atoms with Crippen LogP contribution in [0.1, 0.15) is 57.1 Å². The van der Waals surface area contributed by atoms with Crippen molar-refractivity contribution in [2.75, 3.05) is 19.7 Å². The van der Waals surface area contributed by atoms with Crippen LogP contribution in [0.25, 0.3) is 11.1 Å². The van der Waals surface area contributed by atoms with Crippen molar-refractivity contribution in [2.24, 2.45) is 5.92 Å². The van der Waals surface area contributed by atoms with Crippen LogP contribution >= 0.6 is 0 Å². The van der Waals surface area contributed by atoms with Crippen LogP contribution in [0.4, 0.5) is 4.79 Å². The Bertz CT molecular complexity index is 974. The predicted molar refractivity (Wildman–Crippen MR) is 131 cm³/mol. The number of hydrogen-bond donors (Lipinski definition) is 2. The zero-order valence-electron chi connectivity index (χ0n) is 20.1. The number of carbonyl (C=O) groups excluding carboxylic acids is 2. The smallest absolute Gasteiger partial charge is 0.407 e. The van der Waals surface area contributed by atoms with Gasteiger partial charge in [-0.2, -0.15) is 0 Å². The zero-order chi connectivity index (χ0) is 24.7. The summed E-state index contributed by atoms with van der Waals surface area (Å²) in [6.45, 7) is 6.46. The molecule has 1 atom stereocenters. The number of carboxylic acids is 1. The third-order valence-corrected chi connectivity index (χ3v) is 6.43. The molecule has 3 rings (SSSR count). The fourth-order valence-corrected chi connectivity index (χ4v) is 4.49. The van der Waals surface area contributed by atoms with Gasteiger partial charge in [0, 0.05) is 31.5 Å². The van der Waals surface area contributed by atoms with Gasteiger partial charge in [-0.15, -0.1) is 0 Å². The third-order valence-electron chi connectivity index (χ3n) is 6.43. The van der Waals surface area contributed by atoms with Gasteiger partial charge in [0.2, 0.25) is 5.91 Å². The molecule has 0 fully saturated rings. The van der Waals surface area contributed by atoms with Crippen molar-refractivity contribution < 1.29 is 24.2 Å². The van der Waals surface area contributed by atoms with Crippen molar-refractivity contribution in [1.82, 2.24) is 10.2 Å². The highest BCUT2D eigenvalue weighted by Crippen LogP contribution is 2.44. The van der Waals surface area contributed by atoms with E-state index in [1.807, 2.05) is 45.0 Å². The summed E-state index contributed by atoms with van der Waals surface area (Å²) >= 11 is 0. The monoisotopic (exact) mass is 466 g/mol.